The average Bonchev–Trinajstić information content (AvgIpc) is 2.84. The number of rotatable bonds is 2. The Labute approximate surface area is 112 Å². The van der Waals surface area contributed by atoms with E-state index in [4.69, 9.17) is 0 Å². The standard InChI is InChI=1S/C12H16N2O2S2/c15-18(16,13-7-9-17-10-8-13)14-6-5-11-3-1-2-4-12(11)14/h1-4H,5-10H2. The number of hydrogen-bond donors (Lipinski definition) is 0. The Balaban J connectivity index is 1.91. The number of benzene rings is 1. The zero-order chi connectivity index (χ0) is 12.6. The van der Waals surface area contributed by atoms with Gasteiger partial charge in [-0.3, -0.25) is 4.31 Å². The Morgan fingerprint density at radius 1 is 1.06 bits per heavy atom. The fourth-order valence-corrected chi connectivity index (χ4v) is 5.27. The van der Waals surface area contributed by atoms with Crippen LogP contribution in [0.1, 0.15) is 5.56 Å². The summed E-state index contributed by atoms with van der Waals surface area (Å²) in [6, 6.07) is 7.78. The first-order valence-corrected chi connectivity index (χ1v) is 8.68. The Morgan fingerprint density at radius 3 is 2.56 bits per heavy atom. The van der Waals surface area contributed by atoms with Gasteiger partial charge in [0, 0.05) is 31.1 Å². The van der Waals surface area contributed by atoms with E-state index in [-0.39, 0.29) is 0 Å². The summed E-state index contributed by atoms with van der Waals surface area (Å²) in [5.74, 6) is 1.80. The monoisotopic (exact) mass is 284 g/mol. The van der Waals surface area contributed by atoms with Crippen LogP contribution in [-0.2, 0) is 16.6 Å². The molecule has 0 N–H and O–H groups in total. The van der Waals surface area contributed by atoms with Crippen LogP contribution in [0.4, 0.5) is 5.69 Å². The molecule has 0 bridgehead atoms. The topological polar surface area (TPSA) is 40.6 Å². The highest BCUT2D eigenvalue weighted by Gasteiger charge is 2.34. The van der Waals surface area contributed by atoms with Gasteiger partial charge in [0.25, 0.3) is 0 Å². The summed E-state index contributed by atoms with van der Waals surface area (Å²) in [6.45, 7) is 1.84. The highest BCUT2D eigenvalue weighted by atomic mass is 32.2. The molecule has 18 heavy (non-hydrogen) atoms. The molecular formula is C12H16N2O2S2. The molecule has 98 valence electrons. The van der Waals surface area contributed by atoms with Gasteiger partial charge in [0.2, 0.25) is 0 Å². The largest absolute Gasteiger partial charge is 0.304 e. The average molecular weight is 284 g/mol. The third kappa shape index (κ3) is 2.02. The van der Waals surface area contributed by atoms with E-state index in [1.807, 2.05) is 36.0 Å². The minimum atomic E-state index is -3.32. The second kappa shape index (κ2) is 4.75. The van der Waals surface area contributed by atoms with Crippen molar-refractivity contribution in [3.05, 3.63) is 29.8 Å². The zero-order valence-corrected chi connectivity index (χ0v) is 11.7. The molecule has 1 aromatic rings. The summed E-state index contributed by atoms with van der Waals surface area (Å²) < 4.78 is 28.4. The van der Waals surface area contributed by atoms with Crippen molar-refractivity contribution < 1.29 is 8.42 Å². The molecule has 6 heteroatoms. The van der Waals surface area contributed by atoms with Crippen LogP contribution >= 0.6 is 11.8 Å². The number of hydrogen-bond acceptors (Lipinski definition) is 3. The van der Waals surface area contributed by atoms with Crippen LogP contribution in [0, 0.1) is 0 Å². The maximum Gasteiger partial charge on any atom is 0.304 e. The number of fused-ring (bicyclic) bond motifs is 1. The molecule has 3 rings (SSSR count). The lowest BCUT2D eigenvalue weighted by Gasteiger charge is -2.31. The fourth-order valence-electron chi connectivity index (χ4n) is 2.46. The fraction of sp³-hybridized carbons (Fsp3) is 0.500. The van der Waals surface area contributed by atoms with Crippen LogP contribution in [0.5, 0.6) is 0 Å². The Kier molecular flexibility index (Phi) is 3.25. The number of anilines is 1. The van der Waals surface area contributed by atoms with Crippen molar-refractivity contribution in [2.75, 3.05) is 35.4 Å². The molecule has 0 amide bonds. The quantitative estimate of drug-likeness (QED) is 0.823. The number of thioether (sulfide) groups is 1. The Hall–Kier alpha value is -0.720. The molecule has 4 nitrogen and oxygen atoms in total. The van der Waals surface area contributed by atoms with E-state index in [1.165, 1.54) is 0 Å². The van der Waals surface area contributed by atoms with E-state index in [2.05, 4.69) is 0 Å². The van der Waals surface area contributed by atoms with E-state index < -0.39 is 10.2 Å². The third-order valence-electron chi connectivity index (χ3n) is 3.42. The van der Waals surface area contributed by atoms with Crippen LogP contribution in [0.3, 0.4) is 0 Å². The van der Waals surface area contributed by atoms with Crippen molar-refractivity contribution in [1.29, 1.82) is 0 Å². The maximum atomic E-state index is 12.6. The van der Waals surface area contributed by atoms with Crippen LogP contribution in [0.25, 0.3) is 0 Å². The van der Waals surface area contributed by atoms with Crippen molar-refractivity contribution >= 4 is 27.7 Å². The van der Waals surface area contributed by atoms with Crippen molar-refractivity contribution in [2.24, 2.45) is 0 Å². The molecule has 0 aliphatic carbocycles. The van der Waals surface area contributed by atoms with Gasteiger partial charge in [0.15, 0.2) is 0 Å². The van der Waals surface area contributed by atoms with Gasteiger partial charge in [-0.2, -0.15) is 24.5 Å². The van der Waals surface area contributed by atoms with Crippen LogP contribution < -0.4 is 4.31 Å². The minimum absolute atomic E-state index is 0.575. The van der Waals surface area contributed by atoms with Gasteiger partial charge in [-0.15, -0.1) is 0 Å². The van der Waals surface area contributed by atoms with Gasteiger partial charge in [-0.05, 0) is 18.1 Å². The van der Waals surface area contributed by atoms with Gasteiger partial charge < -0.3 is 0 Å². The number of nitrogens with zero attached hydrogens (tertiary/aromatic N) is 2. The molecule has 2 aliphatic heterocycles. The van der Waals surface area contributed by atoms with Crippen molar-refractivity contribution in [3.63, 3.8) is 0 Å². The van der Waals surface area contributed by atoms with E-state index in [9.17, 15) is 8.42 Å². The van der Waals surface area contributed by atoms with E-state index in [1.54, 1.807) is 8.61 Å². The highest BCUT2D eigenvalue weighted by molar-refractivity contribution is 7.99. The summed E-state index contributed by atoms with van der Waals surface area (Å²) in [4.78, 5) is 0. The molecule has 0 radical (unpaired) electrons. The Morgan fingerprint density at radius 2 is 1.78 bits per heavy atom. The normalized spacial score (nSPS) is 21.0. The molecule has 1 saturated heterocycles. The molecular weight excluding hydrogens is 268 g/mol. The van der Waals surface area contributed by atoms with Gasteiger partial charge >= 0.3 is 10.2 Å². The lowest BCUT2D eigenvalue weighted by molar-refractivity contribution is 0.441. The van der Waals surface area contributed by atoms with Crippen LogP contribution in [0.2, 0.25) is 0 Å². The molecule has 1 fully saturated rings. The predicted molar refractivity (Wildman–Crippen MR) is 75.3 cm³/mol. The molecule has 1 aromatic carbocycles. The van der Waals surface area contributed by atoms with Crippen molar-refractivity contribution in [2.45, 2.75) is 6.42 Å². The first-order valence-electron chi connectivity index (χ1n) is 6.13. The predicted octanol–water partition coefficient (Wildman–Crippen LogP) is 1.34. The summed E-state index contributed by atoms with van der Waals surface area (Å²) in [6.07, 6.45) is 0.817. The first-order chi connectivity index (χ1) is 8.69. The lowest BCUT2D eigenvalue weighted by atomic mass is 10.2. The SMILES string of the molecule is O=S(=O)(N1CCSCC1)N1CCc2ccccc21. The maximum absolute atomic E-state index is 12.6. The lowest BCUT2D eigenvalue weighted by Crippen LogP contribution is -2.46. The smallest absolute Gasteiger partial charge is 0.257 e. The third-order valence-corrected chi connectivity index (χ3v) is 6.32. The summed E-state index contributed by atoms with van der Waals surface area (Å²) in [7, 11) is -3.32. The zero-order valence-electron chi connectivity index (χ0n) is 10.1. The molecule has 0 saturated carbocycles. The molecule has 2 aliphatic rings. The molecule has 2 heterocycles. The highest BCUT2D eigenvalue weighted by Crippen LogP contribution is 2.31. The van der Waals surface area contributed by atoms with Gasteiger partial charge in [-0.25, -0.2) is 0 Å². The van der Waals surface area contributed by atoms with Crippen LogP contribution in [0.15, 0.2) is 24.3 Å². The second-order valence-electron chi connectivity index (χ2n) is 4.47. The molecule has 0 spiro atoms. The number of para-hydroxylation sites is 1. The van der Waals surface area contributed by atoms with E-state index in [0.29, 0.717) is 19.6 Å². The molecule has 0 unspecified atom stereocenters. The van der Waals surface area contributed by atoms with Gasteiger partial charge in [0.05, 0.1) is 5.69 Å². The second-order valence-corrected chi connectivity index (χ2v) is 7.55. The van der Waals surface area contributed by atoms with Gasteiger partial charge in [0.1, 0.15) is 0 Å². The van der Waals surface area contributed by atoms with E-state index >= 15 is 0 Å². The van der Waals surface area contributed by atoms with Crippen molar-refractivity contribution in [1.82, 2.24) is 4.31 Å². The first kappa shape index (κ1) is 12.3. The molecule has 0 atom stereocenters. The van der Waals surface area contributed by atoms with Gasteiger partial charge in [-0.1, -0.05) is 18.2 Å². The van der Waals surface area contributed by atoms with Crippen LogP contribution in [-0.4, -0.2) is 43.9 Å². The molecule has 0 aromatic heterocycles. The Bertz CT molecular complexity index is 539. The summed E-state index contributed by atoms with van der Waals surface area (Å²) in [5.41, 5.74) is 1.99. The minimum Gasteiger partial charge on any atom is -0.257 e. The summed E-state index contributed by atoms with van der Waals surface area (Å²) >= 11 is 1.82. The van der Waals surface area contributed by atoms with E-state index in [0.717, 1.165) is 29.2 Å². The van der Waals surface area contributed by atoms with Crippen molar-refractivity contribution in [3.8, 4) is 0 Å². The summed E-state index contributed by atoms with van der Waals surface area (Å²) in [5, 5.41) is 0.